The van der Waals surface area contributed by atoms with Crippen molar-refractivity contribution in [2.75, 3.05) is 7.11 Å². The van der Waals surface area contributed by atoms with Crippen molar-refractivity contribution in [3.8, 4) is 5.75 Å². The lowest BCUT2D eigenvalue weighted by Crippen LogP contribution is -2.33. The Morgan fingerprint density at radius 2 is 1.81 bits per heavy atom. The molecular formula is C19H16Br2O5. The molecule has 0 saturated heterocycles. The van der Waals surface area contributed by atoms with Crippen molar-refractivity contribution < 1.29 is 24.5 Å². The maximum atomic E-state index is 12.6. The van der Waals surface area contributed by atoms with Gasteiger partial charge in [0, 0.05) is 7.11 Å². The van der Waals surface area contributed by atoms with Crippen LogP contribution in [-0.2, 0) is 14.3 Å². The van der Waals surface area contributed by atoms with E-state index >= 15 is 0 Å². The molecule has 0 amide bonds. The highest BCUT2D eigenvalue weighted by Crippen LogP contribution is 2.35. The third-order valence-corrected chi connectivity index (χ3v) is 5.37. The monoisotopic (exact) mass is 482 g/mol. The average Bonchev–Trinajstić information content (AvgIpc) is 2.60. The molecule has 7 heteroatoms. The van der Waals surface area contributed by atoms with Gasteiger partial charge in [0.05, 0.1) is 20.1 Å². The molecule has 2 N–H and O–H groups in total. The molecule has 1 aromatic carbocycles. The zero-order valence-electron chi connectivity index (χ0n) is 14.3. The number of benzene rings is 1. The molecule has 1 atom stereocenters. The van der Waals surface area contributed by atoms with Crippen molar-refractivity contribution >= 4 is 49.7 Å². The zero-order valence-corrected chi connectivity index (χ0v) is 17.4. The van der Waals surface area contributed by atoms with Crippen LogP contribution in [0.2, 0.25) is 0 Å². The van der Waals surface area contributed by atoms with Crippen molar-refractivity contribution in [1.29, 1.82) is 0 Å². The maximum Gasteiger partial charge on any atom is 0.200 e. The van der Waals surface area contributed by atoms with E-state index in [0.717, 1.165) is 0 Å². The molecular weight excluding hydrogens is 468 g/mol. The number of carbonyl (C=O) groups excluding carboxylic acids is 2. The van der Waals surface area contributed by atoms with Crippen LogP contribution < -0.4 is 0 Å². The molecule has 0 bridgehead atoms. The number of aliphatic hydroxyl groups excluding tert-OH is 1. The molecule has 1 aromatic rings. The minimum atomic E-state index is -1.08. The summed E-state index contributed by atoms with van der Waals surface area (Å²) in [5.41, 5.74) is 1.98. The van der Waals surface area contributed by atoms with Crippen LogP contribution >= 0.6 is 31.9 Å². The summed E-state index contributed by atoms with van der Waals surface area (Å²) in [6.07, 6.45) is 1.90. The normalized spacial score (nSPS) is 20.0. The first-order valence-electron chi connectivity index (χ1n) is 7.52. The number of hydrogen-bond acceptors (Lipinski definition) is 5. The number of rotatable bonds is 3. The number of ether oxygens (including phenoxy) is 1. The molecule has 1 aliphatic carbocycles. The Kier molecular flexibility index (Phi) is 6.42. The van der Waals surface area contributed by atoms with Gasteiger partial charge in [0.2, 0.25) is 5.78 Å². The van der Waals surface area contributed by atoms with E-state index < -0.39 is 11.9 Å². The largest absolute Gasteiger partial charge is 0.507 e. The van der Waals surface area contributed by atoms with Gasteiger partial charge >= 0.3 is 0 Å². The van der Waals surface area contributed by atoms with Crippen LogP contribution in [0.1, 0.15) is 19.4 Å². The highest BCUT2D eigenvalue weighted by Gasteiger charge is 2.36. The van der Waals surface area contributed by atoms with E-state index in [2.05, 4.69) is 31.9 Å². The predicted molar refractivity (Wildman–Crippen MR) is 106 cm³/mol. The van der Waals surface area contributed by atoms with Gasteiger partial charge in [0.25, 0.3) is 0 Å². The number of phenols is 1. The van der Waals surface area contributed by atoms with Crippen molar-refractivity contribution in [1.82, 2.24) is 0 Å². The molecule has 5 nitrogen and oxygen atoms in total. The van der Waals surface area contributed by atoms with Gasteiger partial charge in [0.1, 0.15) is 17.5 Å². The Hall–Kier alpha value is -1.92. The number of allylic oxidation sites excluding steroid dienone is 2. The molecule has 0 radical (unpaired) electrons. The lowest BCUT2D eigenvalue weighted by Gasteiger charge is -2.25. The molecule has 1 aliphatic rings. The number of Topliss-reactive ketones (excluding diaryl/α,β-unsaturated/α-hetero) is 1. The Balaban J connectivity index is 2.53. The molecule has 26 heavy (non-hydrogen) atoms. The van der Waals surface area contributed by atoms with Gasteiger partial charge in [-0.25, -0.2) is 4.79 Å². The topological polar surface area (TPSA) is 83.8 Å². The first-order valence-corrected chi connectivity index (χ1v) is 9.11. The maximum absolute atomic E-state index is 12.6. The lowest BCUT2D eigenvalue weighted by atomic mass is 9.82. The lowest BCUT2D eigenvalue weighted by molar-refractivity contribution is -0.123. The Morgan fingerprint density at radius 3 is 2.31 bits per heavy atom. The second kappa shape index (κ2) is 8.18. The van der Waals surface area contributed by atoms with Crippen molar-refractivity contribution in [3.63, 3.8) is 0 Å². The van der Waals surface area contributed by atoms with Crippen LogP contribution in [0.3, 0.4) is 0 Å². The zero-order chi connectivity index (χ0) is 19.6. The van der Waals surface area contributed by atoms with Gasteiger partial charge in [-0.15, -0.1) is 0 Å². The van der Waals surface area contributed by atoms with Gasteiger partial charge in [-0.05, 0) is 80.6 Å². The Bertz CT molecular complexity index is 895. The quantitative estimate of drug-likeness (QED) is 0.377. The Morgan fingerprint density at radius 1 is 1.23 bits per heavy atom. The summed E-state index contributed by atoms with van der Waals surface area (Å²) in [7, 11) is 1.32. The van der Waals surface area contributed by atoms with E-state index in [1.54, 1.807) is 38.0 Å². The first kappa shape index (κ1) is 20.4. The summed E-state index contributed by atoms with van der Waals surface area (Å²) in [4.78, 5) is 23.8. The number of ketones is 1. The summed E-state index contributed by atoms with van der Waals surface area (Å²) >= 11 is 6.47. The average molecular weight is 484 g/mol. The van der Waals surface area contributed by atoms with Gasteiger partial charge in [-0.3, -0.25) is 4.79 Å². The van der Waals surface area contributed by atoms with Crippen LogP contribution in [0.15, 0.2) is 55.2 Å². The molecule has 0 fully saturated rings. The second-order valence-corrected chi connectivity index (χ2v) is 7.38. The molecule has 136 valence electrons. The van der Waals surface area contributed by atoms with Crippen LogP contribution in [0.5, 0.6) is 5.75 Å². The van der Waals surface area contributed by atoms with Gasteiger partial charge < -0.3 is 14.9 Å². The number of hydrogen-bond donors (Lipinski definition) is 2. The predicted octanol–water partition coefficient (Wildman–Crippen LogP) is 4.43. The molecule has 1 unspecified atom stereocenters. The standard InChI is InChI=1S/C19H16Br2O5/c1-9-10(2)16(18(25)19(26-3)12(9)8-22)15(23)5-4-11-6-13(20)17(24)14(21)7-11/h4-7,19,23-24H,1-3H3. The molecule has 0 saturated carbocycles. The van der Waals surface area contributed by atoms with Gasteiger partial charge in [-0.1, -0.05) is 6.08 Å². The van der Waals surface area contributed by atoms with E-state index in [4.69, 9.17) is 4.74 Å². The smallest absolute Gasteiger partial charge is 0.200 e. The summed E-state index contributed by atoms with van der Waals surface area (Å²) in [6.45, 7) is 3.34. The summed E-state index contributed by atoms with van der Waals surface area (Å²) < 4.78 is 6.09. The number of halogens is 2. The first-order chi connectivity index (χ1) is 12.2. The highest BCUT2D eigenvalue weighted by molar-refractivity contribution is 9.11. The fourth-order valence-corrected chi connectivity index (χ4v) is 3.87. The van der Waals surface area contributed by atoms with E-state index in [-0.39, 0.29) is 22.7 Å². The summed E-state index contributed by atoms with van der Waals surface area (Å²) in [6, 6.07) is 3.33. The minimum absolute atomic E-state index is 0.0673. The SMILES string of the molecule is COC1C(=O)C(=C(O)C=Cc2cc(Br)c(O)c(Br)c2)C(C)=C(C)C1=C=O. The van der Waals surface area contributed by atoms with Crippen LogP contribution in [0.25, 0.3) is 6.08 Å². The molecule has 0 aliphatic heterocycles. The van der Waals surface area contributed by atoms with Crippen molar-refractivity contribution in [2.24, 2.45) is 0 Å². The number of carbonyl (C=O) groups is 1. The van der Waals surface area contributed by atoms with Crippen molar-refractivity contribution in [2.45, 2.75) is 20.0 Å². The third-order valence-electron chi connectivity index (χ3n) is 4.16. The molecule has 0 spiro atoms. The van der Waals surface area contributed by atoms with Gasteiger partial charge in [-0.2, -0.15) is 0 Å². The highest BCUT2D eigenvalue weighted by atomic mass is 79.9. The fourth-order valence-electron chi connectivity index (χ4n) is 2.65. The van der Waals surface area contributed by atoms with Crippen LogP contribution in [0.4, 0.5) is 0 Å². The summed E-state index contributed by atoms with van der Waals surface area (Å²) in [5, 5.41) is 20.2. The minimum Gasteiger partial charge on any atom is -0.507 e. The number of phenolic OH excluding ortho intramolecular Hbond substituents is 1. The molecule has 0 aromatic heterocycles. The third kappa shape index (κ3) is 3.76. The number of aromatic hydroxyl groups is 1. The van der Waals surface area contributed by atoms with Crippen LogP contribution in [0, 0.1) is 0 Å². The second-order valence-electron chi connectivity index (χ2n) is 5.67. The summed E-state index contributed by atoms with van der Waals surface area (Å²) in [5.74, 6) is 1.09. The van der Waals surface area contributed by atoms with E-state index in [0.29, 0.717) is 25.7 Å². The van der Waals surface area contributed by atoms with Crippen LogP contribution in [-0.4, -0.2) is 35.2 Å². The fraction of sp³-hybridized carbons (Fsp3) is 0.211. The van der Waals surface area contributed by atoms with Gasteiger partial charge in [0.15, 0.2) is 6.10 Å². The molecule has 0 heterocycles. The number of methoxy groups -OCH3 is 1. The van der Waals surface area contributed by atoms with E-state index in [1.807, 2.05) is 0 Å². The van der Waals surface area contributed by atoms with E-state index in [1.165, 1.54) is 13.2 Å². The number of aliphatic hydroxyl groups is 1. The van der Waals surface area contributed by atoms with E-state index in [9.17, 15) is 19.8 Å². The Labute approximate surface area is 167 Å². The van der Waals surface area contributed by atoms with Crippen molar-refractivity contribution in [3.05, 3.63) is 60.8 Å². The molecule has 2 rings (SSSR count).